The third-order valence-corrected chi connectivity index (χ3v) is 4.45. The minimum Gasteiger partial charge on any atom is -0.314 e. The Bertz CT molecular complexity index is 378. The highest BCUT2D eigenvalue weighted by atomic mass is 15.2. The van der Waals surface area contributed by atoms with Gasteiger partial charge in [0.05, 0.1) is 0 Å². The van der Waals surface area contributed by atoms with E-state index >= 15 is 0 Å². The number of rotatable bonds is 4. The third kappa shape index (κ3) is 2.93. The quantitative estimate of drug-likeness (QED) is 0.875. The third-order valence-electron chi connectivity index (χ3n) is 4.45. The molecule has 2 nitrogen and oxygen atoms in total. The number of benzene rings is 1. The molecule has 3 rings (SSSR count). The lowest BCUT2D eigenvalue weighted by Gasteiger charge is -2.28. The van der Waals surface area contributed by atoms with E-state index < -0.39 is 0 Å². The maximum absolute atomic E-state index is 3.41. The standard InChI is InChI=1S/C16H24N2/c1-3-14(7-10-18-11-8-17-9-12-18)13-16(6-1)15-4-2-5-15/h1,3,6,13,15,17H,2,4-5,7-12H2. The van der Waals surface area contributed by atoms with E-state index in [1.165, 1.54) is 50.9 Å². The first kappa shape index (κ1) is 12.2. The number of piperazine rings is 1. The van der Waals surface area contributed by atoms with Gasteiger partial charge in [-0.05, 0) is 36.3 Å². The Morgan fingerprint density at radius 3 is 2.72 bits per heavy atom. The minimum absolute atomic E-state index is 0.865. The molecule has 2 heteroatoms. The van der Waals surface area contributed by atoms with E-state index in [0.29, 0.717) is 0 Å². The Labute approximate surface area is 110 Å². The maximum atomic E-state index is 3.41. The average Bonchev–Trinajstić information content (AvgIpc) is 2.36. The van der Waals surface area contributed by atoms with Crippen LogP contribution < -0.4 is 5.32 Å². The Hall–Kier alpha value is -0.860. The largest absolute Gasteiger partial charge is 0.314 e. The molecular formula is C16H24N2. The monoisotopic (exact) mass is 244 g/mol. The van der Waals surface area contributed by atoms with Gasteiger partial charge in [-0.2, -0.15) is 0 Å². The predicted octanol–water partition coefficient (Wildman–Crippen LogP) is 2.40. The molecule has 1 aromatic carbocycles. The summed E-state index contributed by atoms with van der Waals surface area (Å²) < 4.78 is 0. The summed E-state index contributed by atoms with van der Waals surface area (Å²) in [6.45, 7) is 5.95. The Kier molecular flexibility index (Phi) is 3.96. The van der Waals surface area contributed by atoms with Crippen LogP contribution in [0.4, 0.5) is 0 Å². The molecule has 98 valence electrons. The molecule has 18 heavy (non-hydrogen) atoms. The molecule has 0 unspecified atom stereocenters. The van der Waals surface area contributed by atoms with Crippen LogP contribution in [-0.2, 0) is 6.42 Å². The zero-order chi connectivity index (χ0) is 12.2. The van der Waals surface area contributed by atoms with Crippen LogP contribution in [-0.4, -0.2) is 37.6 Å². The van der Waals surface area contributed by atoms with Crippen molar-refractivity contribution in [3.05, 3.63) is 35.4 Å². The molecule has 0 amide bonds. The lowest BCUT2D eigenvalue weighted by atomic mass is 9.79. The molecule has 2 aliphatic rings. The molecule has 1 aliphatic carbocycles. The van der Waals surface area contributed by atoms with Crippen LogP contribution in [0.25, 0.3) is 0 Å². The summed E-state index contributed by atoms with van der Waals surface area (Å²) in [4.78, 5) is 2.58. The van der Waals surface area contributed by atoms with Gasteiger partial charge in [-0.3, -0.25) is 0 Å². The molecule has 0 radical (unpaired) electrons. The summed E-state index contributed by atoms with van der Waals surface area (Å²) in [5.41, 5.74) is 3.11. The number of hydrogen-bond donors (Lipinski definition) is 1. The van der Waals surface area contributed by atoms with Crippen LogP contribution >= 0.6 is 0 Å². The van der Waals surface area contributed by atoms with Gasteiger partial charge in [-0.1, -0.05) is 30.7 Å². The Balaban J connectivity index is 1.54. The average molecular weight is 244 g/mol. The lowest BCUT2D eigenvalue weighted by molar-refractivity contribution is 0.244. The van der Waals surface area contributed by atoms with Crippen molar-refractivity contribution >= 4 is 0 Å². The van der Waals surface area contributed by atoms with E-state index in [1.54, 1.807) is 5.56 Å². The molecule has 1 saturated carbocycles. The SMILES string of the molecule is c1cc(CCN2CCNCC2)cc(C2CCC2)c1. The Morgan fingerprint density at radius 2 is 2.00 bits per heavy atom. The number of hydrogen-bond acceptors (Lipinski definition) is 2. The molecule has 1 aliphatic heterocycles. The van der Waals surface area contributed by atoms with E-state index in [-0.39, 0.29) is 0 Å². The van der Waals surface area contributed by atoms with Crippen molar-refractivity contribution in [3.8, 4) is 0 Å². The van der Waals surface area contributed by atoms with E-state index in [1.807, 2.05) is 0 Å². The van der Waals surface area contributed by atoms with E-state index in [2.05, 4.69) is 34.5 Å². The summed E-state index contributed by atoms with van der Waals surface area (Å²) in [6.07, 6.45) is 5.44. The minimum atomic E-state index is 0.865. The van der Waals surface area contributed by atoms with Crippen molar-refractivity contribution in [2.24, 2.45) is 0 Å². The number of nitrogens with one attached hydrogen (secondary N) is 1. The molecule has 1 N–H and O–H groups in total. The van der Waals surface area contributed by atoms with Crippen molar-refractivity contribution in [2.75, 3.05) is 32.7 Å². The second-order valence-electron chi connectivity index (χ2n) is 5.71. The lowest BCUT2D eigenvalue weighted by Crippen LogP contribution is -2.44. The summed E-state index contributed by atoms with van der Waals surface area (Å²) in [7, 11) is 0. The van der Waals surface area contributed by atoms with Crippen molar-refractivity contribution in [1.29, 1.82) is 0 Å². The normalized spacial score (nSPS) is 21.8. The van der Waals surface area contributed by atoms with Crippen LogP contribution in [0.15, 0.2) is 24.3 Å². The first-order valence-electron chi connectivity index (χ1n) is 7.44. The van der Waals surface area contributed by atoms with Gasteiger partial charge >= 0.3 is 0 Å². The summed E-state index contributed by atoms with van der Waals surface area (Å²) in [5, 5.41) is 3.41. The molecule has 1 aromatic rings. The zero-order valence-electron chi connectivity index (χ0n) is 11.2. The number of nitrogens with zero attached hydrogens (tertiary/aromatic N) is 1. The zero-order valence-corrected chi connectivity index (χ0v) is 11.2. The van der Waals surface area contributed by atoms with E-state index in [4.69, 9.17) is 0 Å². The van der Waals surface area contributed by atoms with Gasteiger partial charge in [0.1, 0.15) is 0 Å². The van der Waals surface area contributed by atoms with Crippen LogP contribution in [0, 0.1) is 0 Å². The van der Waals surface area contributed by atoms with Crippen molar-refractivity contribution < 1.29 is 0 Å². The van der Waals surface area contributed by atoms with Gasteiger partial charge < -0.3 is 10.2 Å². The van der Waals surface area contributed by atoms with Gasteiger partial charge in [0, 0.05) is 32.7 Å². The van der Waals surface area contributed by atoms with Gasteiger partial charge in [-0.15, -0.1) is 0 Å². The fourth-order valence-corrected chi connectivity index (χ4v) is 2.97. The maximum Gasteiger partial charge on any atom is 0.0108 e. The predicted molar refractivity (Wildman–Crippen MR) is 76.0 cm³/mol. The summed E-state index contributed by atoms with van der Waals surface area (Å²) in [6, 6.07) is 9.31. The molecular weight excluding hydrogens is 220 g/mol. The highest BCUT2D eigenvalue weighted by Gasteiger charge is 2.19. The second kappa shape index (κ2) is 5.85. The molecule has 0 atom stereocenters. The van der Waals surface area contributed by atoms with E-state index in [9.17, 15) is 0 Å². The second-order valence-corrected chi connectivity index (χ2v) is 5.71. The summed E-state index contributed by atoms with van der Waals surface area (Å²) >= 11 is 0. The van der Waals surface area contributed by atoms with Crippen LogP contribution in [0.1, 0.15) is 36.3 Å². The molecule has 1 saturated heterocycles. The van der Waals surface area contributed by atoms with Crippen LogP contribution in [0.3, 0.4) is 0 Å². The Morgan fingerprint density at radius 1 is 1.17 bits per heavy atom. The van der Waals surface area contributed by atoms with Crippen LogP contribution in [0.5, 0.6) is 0 Å². The molecule has 0 aromatic heterocycles. The fourth-order valence-electron chi connectivity index (χ4n) is 2.97. The van der Waals surface area contributed by atoms with Crippen molar-refractivity contribution in [1.82, 2.24) is 10.2 Å². The van der Waals surface area contributed by atoms with Gasteiger partial charge in [0.15, 0.2) is 0 Å². The van der Waals surface area contributed by atoms with Gasteiger partial charge in [-0.25, -0.2) is 0 Å². The highest BCUT2D eigenvalue weighted by molar-refractivity contribution is 5.27. The molecule has 1 heterocycles. The smallest absolute Gasteiger partial charge is 0.0108 e. The van der Waals surface area contributed by atoms with Gasteiger partial charge in [0.2, 0.25) is 0 Å². The van der Waals surface area contributed by atoms with Crippen molar-refractivity contribution in [2.45, 2.75) is 31.6 Å². The van der Waals surface area contributed by atoms with Gasteiger partial charge in [0.25, 0.3) is 0 Å². The van der Waals surface area contributed by atoms with Crippen molar-refractivity contribution in [3.63, 3.8) is 0 Å². The first-order chi connectivity index (χ1) is 8.92. The first-order valence-corrected chi connectivity index (χ1v) is 7.44. The molecule has 0 bridgehead atoms. The molecule has 0 spiro atoms. The topological polar surface area (TPSA) is 15.3 Å². The van der Waals surface area contributed by atoms with E-state index in [0.717, 1.165) is 19.0 Å². The van der Waals surface area contributed by atoms with Crippen LogP contribution in [0.2, 0.25) is 0 Å². The molecule has 2 fully saturated rings. The fraction of sp³-hybridized carbons (Fsp3) is 0.625. The summed E-state index contributed by atoms with van der Waals surface area (Å²) in [5.74, 6) is 0.865. The highest BCUT2D eigenvalue weighted by Crippen LogP contribution is 2.36.